The second-order valence-electron chi connectivity index (χ2n) is 5.53. The van der Waals surface area contributed by atoms with Gasteiger partial charge in [-0.2, -0.15) is 10.5 Å². The number of hydrazine groups is 3. The third-order valence-electron chi connectivity index (χ3n) is 3.66. The van der Waals surface area contributed by atoms with Crippen LogP contribution in [-0.2, 0) is 0 Å². The normalized spacial score (nSPS) is 16.7. The molecule has 1 saturated carbocycles. The maximum Gasteiger partial charge on any atom is 0.191 e. The van der Waals surface area contributed by atoms with Crippen LogP contribution in [0, 0.1) is 22.8 Å². The highest BCUT2D eigenvalue weighted by atomic mass is 15.8. The summed E-state index contributed by atoms with van der Waals surface area (Å²) in [7, 11) is 0. The van der Waals surface area contributed by atoms with Gasteiger partial charge in [0.2, 0.25) is 0 Å². The van der Waals surface area contributed by atoms with Crippen molar-refractivity contribution in [3.63, 3.8) is 0 Å². The monoisotopic (exact) mass is 322 g/mol. The zero-order valence-corrected chi connectivity index (χ0v) is 12.6. The topological polar surface area (TPSA) is 121 Å². The molecule has 24 heavy (non-hydrogen) atoms. The van der Waals surface area contributed by atoms with Crippen molar-refractivity contribution in [2.24, 2.45) is 0 Å². The molecule has 0 aromatic carbocycles. The fourth-order valence-electron chi connectivity index (χ4n) is 2.38. The molecule has 1 aliphatic heterocycles. The molecule has 1 fully saturated rings. The van der Waals surface area contributed by atoms with Crippen LogP contribution in [0.3, 0.4) is 0 Å². The van der Waals surface area contributed by atoms with Crippen molar-refractivity contribution in [3.05, 3.63) is 30.2 Å². The standard InChI is InChI=1S/C14H14N10/c15-6-11-2-1-3-12(18-11)20-24-9-23(19-10-4-5-10)13-14(21-24)22(7-16)8-17-13/h1-3,8,10,19,21H,4-5,9H2,(H,18,20). The van der Waals surface area contributed by atoms with Crippen LogP contribution in [0.1, 0.15) is 18.5 Å². The van der Waals surface area contributed by atoms with Gasteiger partial charge < -0.3 is 0 Å². The van der Waals surface area contributed by atoms with Gasteiger partial charge in [-0.25, -0.2) is 20.0 Å². The summed E-state index contributed by atoms with van der Waals surface area (Å²) in [6.45, 7) is 0.435. The molecule has 2 aromatic heterocycles. The lowest BCUT2D eigenvalue weighted by molar-refractivity contribution is 0.349. The molecule has 4 rings (SSSR count). The van der Waals surface area contributed by atoms with Crippen molar-refractivity contribution in [2.75, 3.05) is 22.5 Å². The molecular weight excluding hydrogens is 308 g/mol. The molecule has 0 atom stereocenters. The van der Waals surface area contributed by atoms with E-state index in [9.17, 15) is 5.26 Å². The number of fused-ring (bicyclic) bond motifs is 1. The number of anilines is 3. The molecule has 3 heterocycles. The number of nitriles is 2. The minimum Gasteiger partial charge on any atom is -0.284 e. The largest absolute Gasteiger partial charge is 0.284 e. The summed E-state index contributed by atoms with van der Waals surface area (Å²) in [6, 6.07) is 7.60. The lowest BCUT2D eigenvalue weighted by Crippen LogP contribution is -2.54. The van der Waals surface area contributed by atoms with Gasteiger partial charge in [0, 0.05) is 6.04 Å². The van der Waals surface area contributed by atoms with Crippen molar-refractivity contribution in [1.82, 2.24) is 25.1 Å². The van der Waals surface area contributed by atoms with E-state index < -0.39 is 0 Å². The quantitative estimate of drug-likeness (QED) is 0.742. The summed E-state index contributed by atoms with van der Waals surface area (Å²) in [5.74, 6) is 1.75. The van der Waals surface area contributed by atoms with Gasteiger partial charge in [-0.05, 0) is 25.0 Å². The van der Waals surface area contributed by atoms with Crippen LogP contribution >= 0.6 is 0 Å². The summed E-state index contributed by atoms with van der Waals surface area (Å²) in [5.41, 5.74) is 9.90. The predicted molar refractivity (Wildman–Crippen MR) is 84.8 cm³/mol. The molecule has 120 valence electrons. The SMILES string of the molecule is N#Cc1cccc(NN2CN(NC3CC3)c3ncn(C#N)c3N2)n1. The molecule has 10 nitrogen and oxygen atoms in total. The van der Waals surface area contributed by atoms with E-state index in [0.29, 0.717) is 35.9 Å². The van der Waals surface area contributed by atoms with Crippen LogP contribution in [0.4, 0.5) is 17.5 Å². The van der Waals surface area contributed by atoms with Crippen molar-refractivity contribution < 1.29 is 0 Å². The van der Waals surface area contributed by atoms with Crippen molar-refractivity contribution in [2.45, 2.75) is 18.9 Å². The number of rotatable bonds is 4. The van der Waals surface area contributed by atoms with E-state index in [4.69, 9.17) is 5.26 Å². The minimum atomic E-state index is 0.327. The first-order valence-electron chi connectivity index (χ1n) is 7.46. The molecule has 1 aliphatic carbocycles. The Morgan fingerprint density at radius 2 is 2.17 bits per heavy atom. The molecule has 0 radical (unpaired) electrons. The smallest absolute Gasteiger partial charge is 0.191 e. The lowest BCUT2D eigenvalue weighted by Gasteiger charge is -2.36. The Morgan fingerprint density at radius 3 is 2.92 bits per heavy atom. The molecular formula is C14H14N10. The average molecular weight is 322 g/mol. The van der Waals surface area contributed by atoms with E-state index in [1.165, 1.54) is 10.9 Å². The summed E-state index contributed by atoms with van der Waals surface area (Å²) in [5, 5.41) is 21.7. The predicted octanol–water partition coefficient (Wildman–Crippen LogP) is 0.579. The number of nitrogens with one attached hydrogen (secondary N) is 3. The van der Waals surface area contributed by atoms with Crippen LogP contribution in [0.15, 0.2) is 24.5 Å². The van der Waals surface area contributed by atoms with Crippen LogP contribution in [0.25, 0.3) is 0 Å². The van der Waals surface area contributed by atoms with Gasteiger partial charge in [-0.3, -0.25) is 15.9 Å². The zero-order valence-electron chi connectivity index (χ0n) is 12.6. The van der Waals surface area contributed by atoms with E-state index >= 15 is 0 Å². The van der Waals surface area contributed by atoms with Crippen LogP contribution < -0.4 is 21.3 Å². The summed E-state index contributed by atoms with van der Waals surface area (Å²) < 4.78 is 1.35. The molecule has 0 saturated heterocycles. The highest BCUT2D eigenvalue weighted by molar-refractivity contribution is 5.64. The summed E-state index contributed by atoms with van der Waals surface area (Å²) >= 11 is 0. The number of imidazole rings is 1. The Balaban J connectivity index is 1.58. The Bertz CT molecular complexity index is 840. The van der Waals surface area contributed by atoms with E-state index in [2.05, 4.69) is 32.4 Å². The number of nitrogens with zero attached hydrogens (tertiary/aromatic N) is 7. The lowest BCUT2D eigenvalue weighted by atomic mass is 10.4. The van der Waals surface area contributed by atoms with Gasteiger partial charge in [0.1, 0.15) is 30.6 Å². The summed E-state index contributed by atoms with van der Waals surface area (Å²) in [4.78, 5) is 8.48. The fourth-order valence-corrected chi connectivity index (χ4v) is 2.38. The average Bonchev–Trinajstić information content (AvgIpc) is 3.32. The Labute approximate surface area is 137 Å². The van der Waals surface area contributed by atoms with E-state index in [-0.39, 0.29) is 0 Å². The maximum atomic E-state index is 9.21. The van der Waals surface area contributed by atoms with Gasteiger partial charge in [0.05, 0.1) is 0 Å². The first kappa shape index (κ1) is 14.3. The Kier molecular flexibility index (Phi) is 3.39. The van der Waals surface area contributed by atoms with Crippen molar-refractivity contribution >= 4 is 17.5 Å². The van der Waals surface area contributed by atoms with Crippen molar-refractivity contribution in [1.29, 1.82) is 10.5 Å². The summed E-state index contributed by atoms with van der Waals surface area (Å²) in [6.07, 6.45) is 5.77. The highest BCUT2D eigenvalue weighted by Crippen LogP contribution is 2.29. The first-order valence-corrected chi connectivity index (χ1v) is 7.46. The first-order chi connectivity index (χ1) is 11.8. The Morgan fingerprint density at radius 1 is 1.29 bits per heavy atom. The van der Waals surface area contributed by atoms with E-state index in [0.717, 1.165) is 12.8 Å². The van der Waals surface area contributed by atoms with Gasteiger partial charge in [-0.15, -0.1) is 5.12 Å². The number of hydrogen-bond acceptors (Lipinski definition) is 9. The number of aromatic nitrogens is 3. The number of pyridine rings is 1. The third-order valence-corrected chi connectivity index (χ3v) is 3.66. The maximum absolute atomic E-state index is 9.21. The molecule has 3 N–H and O–H groups in total. The van der Waals surface area contributed by atoms with Gasteiger partial charge >= 0.3 is 0 Å². The van der Waals surface area contributed by atoms with Gasteiger partial charge in [-0.1, -0.05) is 6.07 Å². The van der Waals surface area contributed by atoms with Crippen LogP contribution in [0.2, 0.25) is 0 Å². The molecule has 0 amide bonds. The molecule has 0 spiro atoms. The molecule has 10 heteroatoms. The van der Waals surface area contributed by atoms with Gasteiger partial charge in [0.15, 0.2) is 17.8 Å². The second-order valence-corrected chi connectivity index (χ2v) is 5.53. The fraction of sp³-hybridized carbons (Fsp3) is 0.286. The zero-order chi connectivity index (χ0) is 16.5. The van der Waals surface area contributed by atoms with E-state index in [1.807, 2.05) is 11.1 Å². The molecule has 2 aromatic rings. The molecule has 0 bridgehead atoms. The van der Waals surface area contributed by atoms with Crippen molar-refractivity contribution in [3.8, 4) is 12.3 Å². The molecule has 2 aliphatic rings. The second kappa shape index (κ2) is 5.70. The molecule has 0 unspecified atom stereocenters. The van der Waals surface area contributed by atoms with Crippen LogP contribution in [0.5, 0.6) is 0 Å². The van der Waals surface area contributed by atoms with Gasteiger partial charge in [0.25, 0.3) is 0 Å². The highest BCUT2D eigenvalue weighted by Gasteiger charge is 2.31. The Hall–Kier alpha value is -3.34. The third kappa shape index (κ3) is 2.67. The van der Waals surface area contributed by atoms with Crippen LogP contribution in [-0.4, -0.2) is 32.4 Å². The number of hydrogen-bond donors (Lipinski definition) is 3. The minimum absolute atomic E-state index is 0.327. The van der Waals surface area contributed by atoms with E-state index in [1.54, 1.807) is 23.3 Å².